The SMILES string of the molecule is CCn1c(C2CCC(C)O2)nnc1S(N)(=O)=O. The van der Waals surface area contributed by atoms with E-state index in [1.807, 2.05) is 13.8 Å². The van der Waals surface area contributed by atoms with Gasteiger partial charge in [-0.15, -0.1) is 10.2 Å². The molecular weight excluding hydrogens is 244 g/mol. The first-order chi connectivity index (χ1) is 7.93. The number of rotatable bonds is 3. The van der Waals surface area contributed by atoms with Gasteiger partial charge in [0.1, 0.15) is 6.10 Å². The average Bonchev–Trinajstić information content (AvgIpc) is 2.81. The van der Waals surface area contributed by atoms with Crippen molar-refractivity contribution in [2.75, 3.05) is 0 Å². The molecule has 2 heterocycles. The number of primary sulfonamides is 1. The standard InChI is InChI=1S/C9H16N4O3S/c1-3-13-8(7-5-4-6(2)16-7)11-12-9(13)17(10,14)15/h6-7H,3-5H2,1-2H3,(H2,10,14,15). The number of nitrogens with zero attached hydrogens (tertiary/aromatic N) is 3. The molecule has 17 heavy (non-hydrogen) atoms. The Kier molecular flexibility index (Phi) is 3.19. The molecule has 0 aromatic carbocycles. The van der Waals surface area contributed by atoms with Crippen LogP contribution in [0.15, 0.2) is 5.16 Å². The van der Waals surface area contributed by atoms with Gasteiger partial charge in [-0.25, -0.2) is 13.6 Å². The van der Waals surface area contributed by atoms with Gasteiger partial charge < -0.3 is 4.74 Å². The fourth-order valence-corrected chi connectivity index (χ4v) is 2.72. The molecule has 2 unspecified atom stereocenters. The summed E-state index contributed by atoms with van der Waals surface area (Å²) in [5, 5.41) is 12.4. The summed E-state index contributed by atoms with van der Waals surface area (Å²) in [5.41, 5.74) is 0. The van der Waals surface area contributed by atoms with E-state index < -0.39 is 10.0 Å². The molecule has 0 saturated carbocycles. The maximum atomic E-state index is 11.3. The fraction of sp³-hybridized carbons (Fsp3) is 0.778. The number of nitrogens with two attached hydrogens (primary N) is 1. The highest BCUT2D eigenvalue weighted by Crippen LogP contribution is 2.31. The van der Waals surface area contributed by atoms with E-state index in [2.05, 4.69) is 10.2 Å². The molecule has 1 aromatic heterocycles. The number of sulfonamides is 1. The zero-order valence-corrected chi connectivity index (χ0v) is 10.6. The van der Waals surface area contributed by atoms with Crippen LogP contribution < -0.4 is 5.14 Å². The second-order valence-electron chi connectivity index (χ2n) is 4.14. The van der Waals surface area contributed by atoms with Crippen LogP contribution in [-0.4, -0.2) is 29.3 Å². The Hall–Kier alpha value is -0.990. The molecule has 1 saturated heterocycles. The Labute approximate surface area is 100 Å². The third kappa shape index (κ3) is 2.33. The van der Waals surface area contributed by atoms with Crippen LogP contribution in [-0.2, 0) is 21.3 Å². The molecule has 8 heteroatoms. The van der Waals surface area contributed by atoms with E-state index in [1.54, 1.807) is 0 Å². The van der Waals surface area contributed by atoms with Crippen molar-refractivity contribution in [1.82, 2.24) is 14.8 Å². The molecule has 7 nitrogen and oxygen atoms in total. The lowest BCUT2D eigenvalue weighted by Crippen LogP contribution is -2.19. The minimum absolute atomic E-state index is 0.167. The van der Waals surface area contributed by atoms with Crippen LogP contribution in [0.3, 0.4) is 0 Å². The van der Waals surface area contributed by atoms with Crippen LogP contribution in [0.25, 0.3) is 0 Å². The zero-order chi connectivity index (χ0) is 12.6. The minimum Gasteiger partial charge on any atom is -0.367 e. The summed E-state index contributed by atoms with van der Waals surface area (Å²) in [6.45, 7) is 4.25. The Bertz CT molecular complexity index is 510. The van der Waals surface area contributed by atoms with Gasteiger partial charge in [0.15, 0.2) is 5.82 Å². The quantitative estimate of drug-likeness (QED) is 0.835. The third-order valence-corrected chi connectivity index (χ3v) is 3.65. The van der Waals surface area contributed by atoms with Crippen LogP contribution in [0.2, 0.25) is 0 Å². The number of hydrogen-bond donors (Lipinski definition) is 1. The predicted molar refractivity (Wildman–Crippen MR) is 59.6 cm³/mol. The largest absolute Gasteiger partial charge is 0.367 e. The van der Waals surface area contributed by atoms with E-state index in [0.717, 1.165) is 12.8 Å². The lowest BCUT2D eigenvalue weighted by molar-refractivity contribution is 0.0477. The van der Waals surface area contributed by atoms with E-state index in [1.165, 1.54) is 4.57 Å². The highest BCUT2D eigenvalue weighted by atomic mass is 32.2. The van der Waals surface area contributed by atoms with Crippen LogP contribution in [0.5, 0.6) is 0 Å². The average molecular weight is 260 g/mol. The van der Waals surface area contributed by atoms with Crippen molar-refractivity contribution in [3.63, 3.8) is 0 Å². The van der Waals surface area contributed by atoms with Gasteiger partial charge >= 0.3 is 0 Å². The van der Waals surface area contributed by atoms with Crippen LogP contribution in [0, 0.1) is 0 Å². The number of hydrogen-bond acceptors (Lipinski definition) is 5. The monoisotopic (exact) mass is 260 g/mol. The molecule has 2 N–H and O–H groups in total. The van der Waals surface area contributed by atoms with Crippen molar-refractivity contribution in [2.24, 2.45) is 5.14 Å². The lowest BCUT2D eigenvalue weighted by atomic mass is 10.2. The van der Waals surface area contributed by atoms with Crippen molar-refractivity contribution in [1.29, 1.82) is 0 Å². The Morgan fingerprint density at radius 2 is 2.18 bits per heavy atom. The van der Waals surface area contributed by atoms with Crippen molar-refractivity contribution < 1.29 is 13.2 Å². The van der Waals surface area contributed by atoms with E-state index in [0.29, 0.717) is 12.4 Å². The molecule has 1 aliphatic heterocycles. The van der Waals surface area contributed by atoms with Gasteiger partial charge in [0, 0.05) is 6.54 Å². The second kappa shape index (κ2) is 4.35. The van der Waals surface area contributed by atoms with Crippen LogP contribution in [0.4, 0.5) is 0 Å². The van der Waals surface area contributed by atoms with E-state index in [4.69, 9.17) is 9.88 Å². The van der Waals surface area contributed by atoms with Crippen molar-refractivity contribution in [2.45, 2.75) is 50.6 Å². The molecule has 1 fully saturated rings. The van der Waals surface area contributed by atoms with Crippen molar-refractivity contribution in [3.8, 4) is 0 Å². The lowest BCUT2D eigenvalue weighted by Gasteiger charge is -2.12. The Balaban J connectivity index is 2.39. The van der Waals surface area contributed by atoms with Gasteiger partial charge in [-0.05, 0) is 26.7 Å². The maximum Gasteiger partial charge on any atom is 0.273 e. The topological polar surface area (TPSA) is 100 Å². The molecule has 1 aromatic rings. The van der Waals surface area contributed by atoms with Crippen LogP contribution in [0.1, 0.15) is 38.6 Å². The molecule has 0 aliphatic carbocycles. The number of aromatic nitrogens is 3. The molecule has 0 radical (unpaired) electrons. The Morgan fingerprint density at radius 1 is 1.47 bits per heavy atom. The summed E-state index contributed by atoms with van der Waals surface area (Å²) < 4.78 is 29.8. The first-order valence-electron chi connectivity index (χ1n) is 5.54. The normalized spacial score (nSPS) is 25.4. The first-order valence-corrected chi connectivity index (χ1v) is 7.09. The van der Waals surface area contributed by atoms with Crippen molar-refractivity contribution in [3.05, 3.63) is 5.82 Å². The number of ether oxygens (including phenoxy) is 1. The summed E-state index contributed by atoms with van der Waals surface area (Å²) in [6, 6.07) is 0. The summed E-state index contributed by atoms with van der Waals surface area (Å²) in [7, 11) is -3.83. The maximum absolute atomic E-state index is 11.3. The summed E-state index contributed by atoms with van der Waals surface area (Å²) in [5.74, 6) is 0.542. The van der Waals surface area contributed by atoms with Gasteiger partial charge in [0.05, 0.1) is 6.10 Å². The zero-order valence-electron chi connectivity index (χ0n) is 9.83. The second-order valence-corrected chi connectivity index (χ2v) is 5.60. The third-order valence-electron chi connectivity index (χ3n) is 2.84. The fourth-order valence-electron chi connectivity index (χ4n) is 2.04. The molecule has 0 bridgehead atoms. The Morgan fingerprint density at radius 3 is 2.65 bits per heavy atom. The summed E-state index contributed by atoms with van der Waals surface area (Å²) >= 11 is 0. The van der Waals surface area contributed by atoms with Gasteiger partial charge in [0.2, 0.25) is 0 Å². The van der Waals surface area contributed by atoms with E-state index >= 15 is 0 Å². The molecule has 0 spiro atoms. The molecule has 2 rings (SSSR count). The van der Waals surface area contributed by atoms with E-state index in [9.17, 15) is 8.42 Å². The van der Waals surface area contributed by atoms with E-state index in [-0.39, 0.29) is 17.4 Å². The molecule has 2 atom stereocenters. The molecule has 0 amide bonds. The smallest absolute Gasteiger partial charge is 0.273 e. The van der Waals surface area contributed by atoms with Gasteiger partial charge in [-0.2, -0.15) is 0 Å². The molecule has 96 valence electrons. The van der Waals surface area contributed by atoms with Crippen LogP contribution >= 0.6 is 0 Å². The minimum atomic E-state index is -3.83. The van der Waals surface area contributed by atoms with Gasteiger partial charge in [-0.3, -0.25) is 4.57 Å². The highest BCUT2D eigenvalue weighted by molar-refractivity contribution is 7.89. The molecular formula is C9H16N4O3S. The first kappa shape index (κ1) is 12.5. The summed E-state index contributed by atoms with van der Waals surface area (Å²) in [4.78, 5) is 0. The summed E-state index contributed by atoms with van der Waals surface area (Å²) in [6.07, 6.45) is 1.74. The highest BCUT2D eigenvalue weighted by Gasteiger charge is 2.30. The molecule has 1 aliphatic rings. The van der Waals surface area contributed by atoms with Crippen molar-refractivity contribution >= 4 is 10.0 Å². The van der Waals surface area contributed by atoms with Gasteiger partial charge in [0.25, 0.3) is 15.2 Å². The van der Waals surface area contributed by atoms with Gasteiger partial charge in [-0.1, -0.05) is 0 Å². The predicted octanol–water partition coefficient (Wildman–Crippen LogP) is 0.185.